The lowest BCUT2D eigenvalue weighted by molar-refractivity contribution is 0.0794. The molecule has 2 aromatic heterocycles. The smallest absolute Gasteiger partial charge is 0.254 e. The predicted molar refractivity (Wildman–Crippen MR) is 97.4 cm³/mol. The summed E-state index contributed by atoms with van der Waals surface area (Å²) in [5.41, 5.74) is 2.33. The molecule has 0 atom stereocenters. The van der Waals surface area contributed by atoms with Gasteiger partial charge in [-0.3, -0.25) is 4.79 Å². The number of rotatable bonds is 3. The summed E-state index contributed by atoms with van der Waals surface area (Å²) in [6, 6.07) is 6.03. The van der Waals surface area contributed by atoms with E-state index in [1.807, 2.05) is 4.90 Å². The van der Waals surface area contributed by atoms with Gasteiger partial charge >= 0.3 is 0 Å². The number of anilines is 1. The molecule has 1 saturated heterocycles. The second kappa shape index (κ2) is 6.67. The third-order valence-corrected chi connectivity index (χ3v) is 4.57. The van der Waals surface area contributed by atoms with Crippen LogP contribution in [0.5, 0.6) is 0 Å². The van der Waals surface area contributed by atoms with Crippen molar-refractivity contribution in [2.45, 2.75) is 12.8 Å². The molecule has 3 heterocycles. The first-order valence-electron chi connectivity index (χ1n) is 8.55. The summed E-state index contributed by atoms with van der Waals surface area (Å²) in [5, 5.41) is 3.39. The van der Waals surface area contributed by atoms with Gasteiger partial charge in [0.1, 0.15) is 5.82 Å². The second-order valence-electron chi connectivity index (χ2n) is 6.26. The van der Waals surface area contributed by atoms with Crippen LogP contribution in [0.25, 0.3) is 22.2 Å². The van der Waals surface area contributed by atoms with E-state index in [4.69, 9.17) is 0 Å². The van der Waals surface area contributed by atoms with E-state index in [0.717, 1.165) is 25.9 Å². The molecule has 0 unspecified atom stereocenters. The van der Waals surface area contributed by atoms with Crippen LogP contribution in [0.2, 0.25) is 0 Å². The van der Waals surface area contributed by atoms with E-state index >= 15 is 0 Å². The van der Waals surface area contributed by atoms with E-state index in [1.165, 1.54) is 12.1 Å². The Hall–Kier alpha value is -3.09. The van der Waals surface area contributed by atoms with Crippen molar-refractivity contribution in [1.29, 1.82) is 0 Å². The Kier molecular flexibility index (Phi) is 4.20. The number of hydrogen-bond acceptors (Lipinski definition) is 5. The highest BCUT2D eigenvalue weighted by molar-refractivity contribution is 6.07. The molecule has 4 rings (SSSR count). The first kappa shape index (κ1) is 16.4. The molecule has 7 heteroatoms. The number of pyridine rings is 1. The minimum atomic E-state index is -0.385. The maximum Gasteiger partial charge on any atom is 0.254 e. The summed E-state index contributed by atoms with van der Waals surface area (Å²) in [6.45, 7) is 1.46. The Morgan fingerprint density at radius 1 is 1.15 bits per heavy atom. The van der Waals surface area contributed by atoms with Crippen LogP contribution in [0.4, 0.5) is 10.3 Å². The fourth-order valence-corrected chi connectivity index (χ4v) is 3.20. The number of amides is 1. The fourth-order valence-electron chi connectivity index (χ4n) is 3.20. The van der Waals surface area contributed by atoms with Crippen LogP contribution < -0.4 is 5.32 Å². The molecule has 132 valence electrons. The summed E-state index contributed by atoms with van der Waals surface area (Å²) >= 11 is 0. The van der Waals surface area contributed by atoms with E-state index in [-0.39, 0.29) is 11.7 Å². The van der Waals surface area contributed by atoms with E-state index in [1.54, 1.807) is 31.6 Å². The van der Waals surface area contributed by atoms with Gasteiger partial charge in [-0.05, 0) is 37.1 Å². The number of halogens is 1. The largest absolute Gasteiger partial charge is 0.357 e. The van der Waals surface area contributed by atoms with Gasteiger partial charge in [0, 0.05) is 43.5 Å². The SMILES string of the molecule is CNc1ncc(-c2cc(C(=O)N3CCCC3)c3cc(F)ccc3n2)cn1. The van der Waals surface area contributed by atoms with Crippen molar-refractivity contribution in [3.05, 3.63) is 48.0 Å². The standard InChI is InChI=1S/C19H18FN5O/c1-21-19-22-10-12(11-23-19)17-9-15(18(26)25-6-2-3-7-25)14-8-13(20)4-5-16(14)24-17/h4-5,8-11H,2-3,6-7H2,1H3,(H,21,22,23). The lowest BCUT2D eigenvalue weighted by Gasteiger charge is -2.17. The van der Waals surface area contributed by atoms with Crippen molar-refractivity contribution in [2.75, 3.05) is 25.5 Å². The van der Waals surface area contributed by atoms with E-state index in [2.05, 4.69) is 20.3 Å². The summed E-state index contributed by atoms with van der Waals surface area (Å²) in [7, 11) is 1.74. The number of aromatic nitrogens is 3. The molecular weight excluding hydrogens is 333 g/mol. The Bertz CT molecular complexity index is 968. The van der Waals surface area contributed by atoms with Crippen LogP contribution in [0, 0.1) is 5.82 Å². The zero-order valence-corrected chi connectivity index (χ0v) is 14.4. The average molecular weight is 351 g/mol. The molecule has 1 aliphatic heterocycles. The van der Waals surface area contributed by atoms with Gasteiger partial charge in [-0.15, -0.1) is 0 Å². The van der Waals surface area contributed by atoms with Crippen LogP contribution in [0.1, 0.15) is 23.2 Å². The van der Waals surface area contributed by atoms with E-state index in [9.17, 15) is 9.18 Å². The molecule has 6 nitrogen and oxygen atoms in total. The van der Waals surface area contributed by atoms with Gasteiger partial charge in [-0.1, -0.05) is 0 Å². The maximum absolute atomic E-state index is 13.8. The molecule has 0 radical (unpaired) electrons. The number of nitrogens with zero attached hydrogens (tertiary/aromatic N) is 4. The third kappa shape index (κ3) is 2.96. The van der Waals surface area contributed by atoms with E-state index in [0.29, 0.717) is 33.7 Å². The van der Waals surface area contributed by atoms with Crippen molar-refractivity contribution in [1.82, 2.24) is 19.9 Å². The normalized spacial score (nSPS) is 14.0. The van der Waals surface area contributed by atoms with Crippen LogP contribution in [-0.4, -0.2) is 45.9 Å². The first-order valence-corrected chi connectivity index (χ1v) is 8.55. The molecule has 1 aliphatic rings. The highest BCUT2D eigenvalue weighted by Crippen LogP contribution is 2.27. The highest BCUT2D eigenvalue weighted by atomic mass is 19.1. The number of likely N-dealkylation sites (tertiary alicyclic amines) is 1. The molecule has 1 N–H and O–H groups in total. The molecule has 3 aromatic rings. The summed E-state index contributed by atoms with van der Waals surface area (Å²) in [6.07, 6.45) is 5.30. The molecule has 0 aliphatic carbocycles. The highest BCUT2D eigenvalue weighted by Gasteiger charge is 2.23. The minimum absolute atomic E-state index is 0.0884. The monoisotopic (exact) mass is 351 g/mol. The number of hydrogen-bond donors (Lipinski definition) is 1. The van der Waals surface area contributed by atoms with Gasteiger partial charge in [0.05, 0.1) is 16.8 Å². The van der Waals surface area contributed by atoms with Crippen LogP contribution >= 0.6 is 0 Å². The number of nitrogens with one attached hydrogen (secondary N) is 1. The second-order valence-corrected chi connectivity index (χ2v) is 6.26. The quantitative estimate of drug-likeness (QED) is 0.785. The zero-order valence-electron chi connectivity index (χ0n) is 14.4. The number of carbonyl (C=O) groups is 1. The number of carbonyl (C=O) groups excluding carboxylic acids is 1. The molecular formula is C19H18FN5O. The van der Waals surface area contributed by atoms with Gasteiger partial charge in [0.2, 0.25) is 5.95 Å². The number of fused-ring (bicyclic) bond motifs is 1. The minimum Gasteiger partial charge on any atom is -0.357 e. The molecule has 1 fully saturated rings. The van der Waals surface area contributed by atoms with Crippen molar-refractivity contribution < 1.29 is 9.18 Å². The first-order chi connectivity index (χ1) is 12.7. The van der Waals surface area contributed by atoms with Crippen LogP contribution in [0.15, 0.2) is 36.7 Å². The fraction of sp³-hybridized carbons (Fsp3) is 0.263. The molecule has 0 spiro atoms. The Morgan fingerprint density at radius 2 is 1.88 bits per heavy atom. The van der Waals surface area contributed by atoms with Gasteiger partial charge < -0.3 is 10.2 Å². The van der Waals surface area contributed by atoms with Gasteiger partial charge in [0.25, 0.3) is 5.91 Å². The lowest BCUT2D eigenvalue weighted by Crippen LogP contribution is -2.28. The third-order valence-electron chi connectivity index (χ3n) is 4.57. The molecule has 0 bridgehead atoms. The maximum atomic E-state index is 13.8. The van der Waals surface area contributed by atoms with Crippen LogP contribution in [0.3, 0.4) is 0 Å². The Morgan fingerprint density at radius 3 is 2.58 bits per heavy atom. The van der Waals surface area contributed by atoms with Crippen LogP contribution in [-0.2, 0) is 0 Å². The summed E-state index contributed by atoms with van der Waals surface area (Å²) in [5.74, 6) is 0.0312. The number of benzene rings is 1. The van der Waals surface area contributed by atoms with Crippen molar-refractivity contribution in [3.8, 4) is 11.3 Å². The van der Waals surface area contributed by atoms with E-state index < -0.39 is 0 Å². The van der Waals surface area contributed by atoms with Crippen molar-refractivity contribution >= 4 is 22.8 Å². The van der Waals surface area contributed by atoms with Gasteiger partial charge in [-0.2, -0.15) is 0 Å². The van der Waals surface area contributed by atoms with Gasteiger partial charge in [-0.25, -0.2) is 19.3 Å². The molecule has 26 heavy (non-hydrogen) atoms. The molecule has 0 saturated carbocycles. The average Bonchev–Trinajstić information content (AvgIpc) is 3.21. The topological polar surface area (TPSA) is 71.0 Å². The summed E-state index contributed by atoms with van der Waals surface area (Å²) in [4.78, 5) is 27.8. The van der Waals surface area contributed by atoms with Gasteiger partial charge in [0.15, 0.2) is 0 Å². The van der Waals surface area contributed by atoms with Crippen molar-refractivity contribution in [2.24, 2.45) is 0 Å². The molecule has 1 amide bonds. The Labute approximate surface area is 150 Å². The predicted octanol–water partition coefficient (Wildman–Crippen LogP) is 3.11. The Balaban J connectivity index is 1.86. The molecule has 1 aromatic carbocycles. The lowest BCUT2D eigenvalue weighted by atomic mass is 10.0. The van der Waals surface area contributed by atoms with Crippen molar-refractivity contribution in [3.63, 3.8) is 0 Å². The zero-order chi connectivity index (χ0) is 18.1. The summed E-state index contributed by atoms with van der Waals surface area (Å²) < 4.78 is 13.8.